The lowest BCUT2D eigenvalue weighted by Crippen LogP contribution is -2.35. The molecule has 0 aliphatic carbocycles. The summed E-state index contributed by atoms with van der Waals surface area (Å²) in [5.41, 5.74) is 0. The number of halogens is 3. The van der Waals surface area contributed by atoms with Crippen molar-refractivity contribution in [3.63, 3.8) is 0 Å². The number of carboxylic acids is 1. The van der Waals surface area contributed by atoms with Gasteiger partial charge in [0, 0.05) is 31.4 Å². The summed E-state index contributed by atoms with van der Waals surface area (Å²) in [4.78, 5) is 23.9. The Bertz CT molecular complexity index is 600. The normalized spacial score (nSPS) is 21.7. The van der Waals surface area contributed by atoms with E-state index in [2.05, 4.69) is 10.4 Å². The monoisotopic (exact) mass is 334 g/mol. The van der Waals surface area contributed by atoms with E-state index in [1.54, 1.807) is 10.9 Å². The van der Waals surface area contributed by atoms with Crippen molar-refractivity contribution in [3.05, 3.63) is 12.3 Å². The van der Waals surface area contributed by atoms with Crippen molar-refractivity contribution < 1.29 is 27.9 Å². The van der Waals surface area contributed by atoms with Crippen LogP contribution in [0.2, 0.25) is 0 Å². The Morgan fingerprint density at radius 2 is 2.04 bits per heavy atom. The van der Waals surface area contributed by atoms with E-state index in [4.69, 9.17) is 5.11 Å². The number of carbonyl (C=O) groups is 2. The third-order valence-electron chi connectivity index (χ3n) is 3.72. The molecule has 0 bridgehead atoms. The number of rotatable bonds is 3. The van der Waals surface area contributed by atoms with Crippen LogP contribution in [0.3, 0.4) is 0 Å². The first-order valence-corrected chi connectivity index (χ1v) is 7.00. The zero-order chi connectivity index (χ0) is 17.4. The van der Waals surface area contributed by atoms with Gasteiger partial charge in [-0.1, -0.05) is 0 Å². The van der Waals surface area contributed by atoms with Gasteiger partial charge in [-0.05, 0) is 13.8 Å². The predicted molar refractivity (Wildman–Crippen MR) is 73.9 cm³/mol. The van der Waals surface area contributed by atoms with Crippen LogP contribution in [0.5, 0.6) is 0 Å². The number of aromatic nitrogens is 2. The number of aliphatic carboxylic acids is 1. The molecule has 1 fully saturated rings. The molecular weight excluding hydrogens is 317 g/mol. The molecule has 0 saturated carbocycles. The number of nitrogens with one attached hydrogen (secondary N) is 1. The summed E-state index contributed by atoms with van der Waals surface area (Å²) in [6, 6.07) is 0.791. The van der Waals surface area contributed by atoms with Gasteiger partial charge < -0.3 is 10.0 Å². The smallest absolute Gasteiger partial charge is 0.394 e. The molecular formula is C13H17F3N4O3. The molecule has 1 saturated heterocycles. The van der Waals surface area contributed by atoms with E-state index in [0.29, 0.717) is 0 Å². The summed E-state index contributed by atoms with van der Waals surface area (Å²) >= 11 is 0. The number of hydrogen-bond donors (Lipinski definition) is 2. The SMILES string of the molecule is CC(C)n1ccc(NC(=O)N2C[C@@H](C(F)(F)F)[C@H](C(=O)O)C2)n1. The molecule has 1 aliphatic heterocycles. The number of urea groups is 1. The molecule has 0 spiro atoms. The first-order chi connectivity index (χ1) is 10.6. The van der Waals surface area contributed by atoms with Gasteiger partial charge in [0.25, 0.3) is 0 Å². The molecule has 1 aromatic heterocycles. The summed E-state index contributed by atoms with van der Waals surface area (Å²) in [5.74, 6) is -5.09. The molecule has 2 rings (SSSR count). The Kier molecular flexibility index (Phi) is 4.53. The van der Waals surface area contributed by atoms with Crippen LogP contribution in [0.25, 0.3) is 0 Å². The average molecular weight is 334 g/mol. The molecule has 1 aromatic rings. The molecule has 1 aliphatic rings. The standard InChI is InChI=1S/C13H17F3N4O3/c1-7(2)20-4-3-10(18-20)17-12(23)19-5-8(11(21)22)9(6-19)13(14,15)16/h3-4,7-9H,5-6H2,1-2H3,(H,21,22)(H,17,18,23)/t8-,9-/m1/s1. The van der Waals surface area contributed by atoms with Crippen LogP contribution in [-0.4, -0.2) is 51.1 Å². The number of hydrogen-bond acceptors (Lipinski definition) is 3. The molecule has 0 radical (unpaired) electrons. The number of amides is 2. The van der Waals surface area contributed by atoms with E-state index in [-0.39, 0.29) is 11.9 Å². The van der Waals surface area contributed by atoms with Gasteiger partial charge in [0.2, 0.25) is 0 Å². The van der Waals surface area contributed by atoms with Crippen LogP contribution in [0.4, 0.5) is 23.8 Å². The Hall–Kier alpha value is -2.26. The van der Waals surface area contributed by atoms with E-state index < -0.39 is 43.1 Å². The lowest BCUT2D eigenvalue weighted by Gasteiger charge is -2.18. The second-order valence-electron chi connectivity index (χ2n) is 5.70. The number of likely N-dealkylation sites (tertiary alicyclic amines) is 1. The zero-order valence-corrected chi connectivity index (χ0v) is 12.5. The maximum atomic E-state index is 12.9. The van der Waals surface area contributed by atoms with Gasteiger partial charge in [-0.2, -0.15) is 18.3 Å². The number of nitrogens with zero attached hydrogens (tertiary/aromatic N) is 3. The van der Waals surface area contributed by atoms with Crippen LogP contribution < -0.4 is 5.32 Å². The molecule has 10 heteroatoms. The fourth-order valence-corrected chi connectivity index (χ4v) is 2.43. The minimum atomic E-state index is -4.67. The van der Waals surface area contributed by atoms with Crippen molar-refractivity contribution in [1.82, 2.24) is 14.7 Å². The van der Waals surface area contributed by atoms with Crippen LogP contribution in [0.15, 0.2) is 12.3 Å². The maximum Gasteiger partial charge on any atom is 0.394 e. The lowest BCUT2D eigenvalue weighted by atomic mass is 9.96. The van der Waals surface area contributed by atoms with Gasteiger partial charge in [-0.15, -0.1) is 0 Å². The Balaban J connectivity index is 2.06. The highest BCUT2D eigenvalue weighted by Crippen LogP contribution is 2.37. The summed E-state index contributed by atoms with van der Waals surface area (Å²) in [6.45, 7) is 2.59. The highest BCUT2D eigenvalue weighted by molar-refractivity contribution is 5.89. The van der Waals surface area contributed by atoms with Crippen molar-refractivity contribution in [3.8, 4) is 0 Å². The van der Waals surface area contributed by atoms with Crippen LogP contribution in [0, 0.1) is 11.8 Å². The van der Waals surface area contributed by atoms with E-state index in [1.807, 2.05) is 13.8 Å². The third kappa shape index (κ3) is 3.74. The average Bonchev–Trinajstić information content (AvgIpc) is 3.03. The fraction of sp³-hybridized carbons (Fsp3) is 0.615. The summed E-state index contributed by atoms with van der Waals surface area (Å²) in [6.07, 6.45) is -3.04. The van der Waals surface area contributed by atoms with Crippen molar-refractivity contribution in [2.24, 2.45) is 11.8 Å². The number of carboxylic acid groups (broad SMARTS) is 1. The van der Waals surface area contributed by atoms with E-state index >= 15 is 0 Å². The fourth-order valence-electron chi connectivity index (χ4n) is 2.43. The minimum absolute atomic E-state index is 0.0680. The summed E-state index contributed by atoms with van der Waals surface area (Å²) in [7, 11) is 0. The van der Waals surface area contributed by atoms with Gasteiger partial charge >= 0.3 is 18.2 Å². The van der Waals surface area contributed by atoms with Gasteiger partial charge in [0.15, 0.2) is 5.82 Å². The summed E-state index contributed by atoms with van der Waals surface area (Å²) < 4.78 is 40.3. The molecule has 2 amide bonds. The Morgan fingerprint density at radius 3 is 2.48 bits per heavy atom. The highest BCUT2D eigenvalue weighted by atomic mass is 19.4. The van der Waals surface area contributed by atoms with E-state index in [9.17, 15) is 22.8 Å². The molecule has 0 unspecified atom stereocenters. The Labute approximate surface area is 130 Å². The molecule has 7 nitrogen and oxygen atoms in total. The van der Waals surface area contributed by atoms with Crippen molar-refractivity contribution in [2.45, 2.75) is 26.1 Å². The highest BCUT2D eigenvalue weighted by Gasteiger charge is 2.53. The molecule has 0 aromatic carbocycles. The predicted octanol–water partition coefficient (Wildman–Crippen LogP) is 2.19. The van der Waals surface area contributed by atoms with Crippen molar-refractivity contribution >= 4 is 17.8 Å². The van der Waals surface area contributed by atoms with Gasteiger partial charge in [0.1, 0.15) is 0 Å². The second-order valence-corrected chi connectivity index (χ2v) is 5.70. The Morgan fingerprint density at radius 1 is 1.39 bits per heavy atom. The summed E-state index contributed by atoms with van der Waals surface area (Å²) in [5, 5.41) is 15.4. The second kappa shape index (κ2) is 6.09. The maximum absolute atomic E-state index is 12.9. The van der Waals surface area contributed by atoms with Gasteiger partial charge in [-0.25, -0.2) is 4.79 Å². The van der Waals surface area contributed by atoms with Crippen molar-refractivity contribution in [2.75, 3.05) is 18.4 Å². The lowest BCUT2D eigenvalue weighted by molar-refractivity contribution is -0.187. The molecule has 2 heterocycles. The first kappa shape index (κ1) is 17.1. The number of carbonyl (C=O) groups excluding carboxylic acids is 1. The van der Waals surface area contributed by atoms with E-state index in [1.165, 1.54) is 6.07 Å². The van der Waals surface area contributed by atoms with Crippen LogP contribution >= 0.6 is 0 Å². The number of alkyl halides is 3. The quantitative estimate of drug-likeness (QED) is 0.887. The first-order valence-electron chi connectivity index (χ1n) is 7.00. The minimum Gasteiger partial charge on any atom is -0.481 e. The van der Waals surface area contributed by atoms with E-state index in [0.717, 1.165) is 4.90 Å². The van der Waals surface area contributed by atoms with Crippen LogP contribution in [0.1, 0.15) is 19.9 Å². The topological polar surface area (TPSA) is 87.5 Å². The van der Waals surface area contributed by atoms with Crippen LogP contribution in [-0.2, 0) is 4.79 Å². The molecule has 128 valence electrons. The zero-order valence-electron chi connectivity index (χ0n) is 12.5. The van der Waals surface area contributed by atoms with Crippen molar-refractivity contribution in [1.29, 1.82) is 0 Å². The van der Waals surface area contributed by atoms with Gasteiger partial charge in [-0.3, -0.25) is 14.8 Å². The third-order valence-corrected chi connectivity index (χ3v) is 3.72. The largest absolute Gasteiger partial charge is 0.481 e. The molecule has 23 heavy (non-hydrogen) atoms. The molecule has 2 N–H and O–H groups in total. The molecule has 2 atom stereocenters. The van der Waals surface area contributed by atoms with Gasteiger partial charge in [0.05, 0.1) is 11.8 Å². The number of anilines is 1.